The molecular weight excluding hydrogens is 1780 g/mol. The van der Waals surface area contributed by atoms with Gasteiger partial charge < -0.3 is 106 Å². The third kappa shape index (κ3) is 35.1. The molecule has 7 rings (SSSR count). The summed E-state index contributed by atoms with van der Waals surface area (Å²) in [5, 5.41) is 60.0. The number of aromatic hydroxyl groups is 1. The Bertz CT molecular complexity index is 5190. The van der Waals surface area contributed by atoms with Crippen molar-refractivity contribution in [2.45, 2.75) is 290 Å². The van der Waals surface area contributed by atoms with Crippen molar-refractivity contribution >= 4 is 77.1 Å². The number of aliphatic hydroxyl groups excluding tert-OH is 1. The number of aliphatic carboxylic acids is 1. The summed E-state index contributed by atoms with van der Waals surface area (Å²) in [5.74, 6) is -13.2. The second-order valence-electron chi connectivity index (χ2n) is 39.2. The number of hydrogen-bond donors (Lipinski definition) is 13. The summed E-state index contributed by atoms with van der Waals surface area (Å²) < 4.78 is 36.5. The van der Waals surface area contributed by atoms with Crippen LogP contribution in [0.5, 0.6) is 17.2 Å². The van der Waals surface area contributed by atoms with E-state index in [1.54, 1.807) is 178 Å². The fourth-order valence-corrected chi connectivity index (χ4v) is 15.6. The Morgan fingerprint density at radius 2 is 0.964 bits per heavy atom. The van der Waals surface area contributed by atoms with E-state index in [4.69, 9.17) is 33.4 Å². The molecule has 13 N–H and O–H groups in total. The second kappa shape index (κ2) is 51.2. The molecule has 13 atom stereocenters. The van der Waals surface area contributed by atoms with Crippen molar-refractivity contribution in [1.29, 1.82) is 0 Å². The highest BCUT2D eigenvalue weighted by atomic mass is 16.6. The zero-order chi connectivity index (χ0) is 103. The third-order valence-electron chi connectivity index (χ3n) is 21.9. The van der Waals surface area contributed by atoms with Crippen molar-refractivity contribution in [3.63, 3.8) is 0 Å². The molecule has 139 heavy (non-hydrogen) atoms. The standard InChI is InChI=1S/C104H141N13O22/c1-23-52-135-75-47-44-69(45-48-75)54-78(91(124)112-85(63(4)5)95(128)107-64(6)89(122)115-88(98(131)132)67(9)137-101(13,14)15)110-90(123)77(50-51-84(121)138-102(16,17)18)109-96(129)86(65(7)118)113-93(126)81(53-62(2)3)117(59-70-46-49-76(134-22)57-82(70)119)97(130)80(55-68-36-28-24-29-37-68)108-83(120)58-105-94(127)87(66(8)136-100(10,11)12)114-92(125)79(111-99(133)139-103(19,20)21)56-74-60-116(61-106-74)104(71-38-30-25-31-39-71,72-40-32-26-33-41-72)73-42-34-27-35-43-73/h23-49,57,60-67,77-81,85-88,118-119H,1,50-56,58-59H2,2-22H3,(H,105,127)(H,107,128)(H,108,120)(H,109,129)(H,110,123)(H,111,133)(H,112,124)(H,113,126)(H,114,125)(H,115,122)(H,131,132)/t64-,65+,66+,67+,77-,78-,79-,80-,81-,85-,86-,87-,88-/m0/s1. The summed E-state index contributed by atoms with van der Waals surface area (Å²) in [6.07, 6.45) is -2.20. The van der Waals surface area contributed by atoms with E-state index in [1.807, 2.05) is 95.6 Å². The van der Waals surface area contributed by atoms with E-state index < -0.39 is 227 Å². The van der Waals surface area contributed by atoms with Gasteiger partial charge in [0.15, 0.2) is 6.04 Å². The minimum Gasteiger partial charge on any atom is -0.507 e. The van der Waals surface area contributed by atoms with Crippen LogP contribution in [0.15, 0.2) is 189 Å². The van der Waals surface area contributed by atoms with Crippen molar-refractivity contribution in [1.82, 2.24) is 67.6 Å². The third-order valence-corrected chi connectivity index (χ3v) is 21.9. The number of carboxylic acids is 1. The van der Waals surface area contributed by atoms with Crippen LogP contribution in [0.25, 0.3) is 0 Å². The Labute approximate surface area is 814 Å². The largest absolute Gasteiger partial charge is 0.507 e. The van der Waals surface area contributed by atoms with Gasteiger partial charge in [0.25, 0.3) is 0 Å². The van der Waals surface area contributed by atoms with Gasteiger partial charge in [0.1, 0.15) is 95.0 Å². The summed E-state index contributed by atoms with van der Waals surface area (Å²) in [4.78, 5) is 197. The first-order chi connectivity index (χ1) is 65.2. The van der Waals surface area contributed by atoms with Gasteiger partial charge in [-0.3, -0.25) is 52.7 Å². The van der Waals surface area contributed by atoms with E-state index >= 15 is 33.6 Å². The number of carbonyl (C=O) groups is 13. The summed E-state index contributed by atoms with van der Waals surface area (Å²) in [6, 6.07) is 32.1. The van der Waals surface area contributed by atoms with E-state index in [-0.39, 0.29) is 43.6 Å². The van der Waals surface area contributed by atoms with Crippen LogP contribution in [0, 0.1) is 11.8 Å². The zero-order valence-electron chi connectivity index (χ0n) is 83.5. The molecule has 754 valence electrons. The van der Waals surface area contributed by atoms with E-state index in [0.717, 1.165) is 28.5 Å². The van der Waals surface area contributed by atoms with Gasteiger partial charge in [-0.15, -0.1) is 0 Å². The van der Waals surface area contributed by atoms with E-state index in [1.165, 1.54) is 52.2 Å². The fraction of sp³-hybridized carbons (Fsp3) is 0.481. The smallest absolute Gasteiger partial charge is 0.408 e. The van der Waals surface area contributed by atoms with Gasteiger partial charge in [0.2, 0.25) is 59.1 Å². The first-order valence-corrected chi connectivity index (χ1v) is 46.6. The second-order valence-corrected chi connectivity index (χ2v) is 39.2. The number of benzene rings is 6. The number of esters is 1. The Morgan fingerprint density at radius 1 is 0.489 bits per heavy atom. The van der Waals surface area contributed by atoms with Crippen LogP contribution >= 0.6 is 0 Å². The van der Waals surface area contributed by atoms with Gasteiger partial charge in [0, 0.05) is 43.5 Å². The average Bonchev–Trinajstić information content (AvgIpc) is 1.72. The molecule has 1 heterocycles. The lowest BCUT2D eigenvalue weighted by Crippen LogP contribution is -2.63. The van der Waals surface area contributed by atoms with Gasteiger partial charge in [-0.05, 0) is 188 Å². The lowest BCUT2D eigenvalue weighted by molar-refractivity contribution is -0.155. The number of phenolic OH excluding ortho intramolecular Hbond substituents is 1. The molecule has 35 heteroatoms. The highest BCUT2D eigenvalue weighted by Gasteiger charge is 2.44. The molecule has 35 nitrogen and oxygen atoms in total. The Balaban J connectivity index is 1.22. The van der Waals surface area contributed by atoms with Crippen molar-refractivity contribution < 1.29 is 106 Å². The number of nitrogens with zero attached hydrogens (tertiary/aromatic N) is 3. The number of imidazole rings is 1. The van der Waals surface area contributed by atoms with Crippen molar-refractivity contribution in [3.05, 3.63) is 228 Å². The number of rotatable bonds is 49. The first kappa shape index (κ1) is 112. The van der Waals surface area contributed by atoms with E-state index in [2.05, 4.69) is 59.7 Å². The molecule has 0 radical (unpaired) electrons. The van der Waals surface area contributed by atoms with Crippen LogP contribution in [-0.4, -0.2) is 228 Å². The van der Waals surface area contributed by atoms with Crippen molar-refractivity contribution in [2.24, 2.45) is 11.8 Å². The number of phenols is 1. The highest BCUT2D eigenvalue weighted by molar-refractivity contribution is 5.99. The summed E-state index contributed by atoms with van der Waals surface area (Å²) in [6.45, 7) is 34.5. The number of amides is 11. The van der Waals surface area contributed by atoms with Gasteiger partial charge in [-0.2, -0.15) is 0 Å². The number of methoxy groups -OCH3 is 1. The number of alkyl carbamates (subject to hydrolysis) is 1. The minimum absolute atomic E-state index is 0.0507. The Morgan fingerprint density at radius 3 is 1.46 bits per heavy atom. The van der Waals surface area contributed by atoms with Crippen molar-refractivity contribution in [2.75, 3.05) is 20.3 Å². The lowest BCUT2D eigenvalue weighted by Gasteiger charge is -2.37. The molecule has 0 saturated heterocycles. The van der Waals surface area contributed by atoms with Crippen LogP contribution in [0.2, 0.25) is 0 Å². The quantitative estimate of drug-likeness (QED) is 0.00960. The maximum Gasteiger partial charge on any atom is 0.408 e. The Kier molecular flexibility index (Phi) is 41.4. The maximum atomic E-state index is 16.2. The molecule has 0 fully saturated rings. The molecule has 6 aromatic carbocycles. The van der Waals surface area contributed by atoms with Gasteiger partial charge in [-0.1, -0.05) is 174 Å². The summed E-state index contributed by atoms with van der Waals surface area (Å²) in [7, 11) is 1.36. The summed E-state index contributed by atoms with van der Waals surface area (Å²) >= 11 is 0. The molecule has 11 amide bonds. The molecule has 0 bridgehead atoms. The molecule has 0 saturated carbocycles. The van der Waals surface area contributed by atoms with Crippen LogP contribution in [0.4, 0.5) is 4.79 Å². The van der Waals surface area contributed by atoms with Gasteiger partial charge in [-0.25, -0.2) is 14.6 Å². The van der Waals surface area contributed by atoms with Crippen molar-refractivity contribution in [3.8, 4) is 17.2 Å². The van der Waals surface area contributed by atoms with Crippen LogP contribution in [0.3, 0.4) is 0 Å². The molecule has 0 spiro atoms. The minimum atomic E-state index is -2.02. The molecule has 0 unspecified atom stereocenters. The first-order valence-electron chi connectivity index (χ1n) is 46.6. The summed E-state index contributed by atoms with van der Waals surface area (Å²) in [5.41, 5.74) is -0.930. The van der Waals surface area contributed by atoms with Crippen LogP contribution in [-0.2, 0) is 108 Å². The number of aromatic nitrogens is 2. The topological polar surface area (TPSA) is 479 Å². The number of aliphatic hydroxyl groups is 1. The Hall–Kier alpha value is -13.5. The number of hydrogen-bond acceptors (Lipinski definition) is 22. The fourth-order valence-electron chi connectivity index (χ4n) is 15.6. The van der Waals surface area contributed by atoms with Gasteiger partial charge >= 0.3 is 18.0 Å². The molecule has 1 aromatic heterocycles. The number of ether oxygens (including phenoxy) is 6. The van der Waals surface area contributed by atoms with Crippen LogP contribution in [0.1, 0.15) is 197 Å². The lowest BCUT2D eigenvalue weighted by atomic mass is 9.77. The maximum absolute atomic E-state index is 16.2. The van der Waals surface area contributed by atoms with Crippen LogP contribution < -0.4 is 62.6 Å². The van der Waals surface area contributed by atoms with E-state index in [0.29, 0.717) is 22.6 Å². The molecule has 0 aliphatic rings. The zero-order valence-corrected chi connectivity index (χ0v) is 83.5. The van der Waals surface area contributed by atoms with Gasteiger partial charge in [0.05, 0.1) is 61.7 Å². The number of carboxylic acid groups (broad SMARTS) is 1. The van der Waals surface area contributed by atoms with E-state index in [9.17, 15) is 44.1 Å². The molecule has 0 aliphatic carbocycles. The number of nitrogens with one attached hydrogen (secondary N) is 10. The highest BCUT2D eigenvalue weighted by Crippen LogP contribution is 2.41. The average molecular weight is 1930 g/mol. The normalized spacial score (nSPS) is 14.6. The monoisotopic (exact) mass is 1920 g/mol. The molecular formula is C104H141N13O22. The predicted molar refractivity (Wildman–Crippen MR) is 522 cm³/mol. The molecule has 0 aliphatic heterocycles. The SMILES string of the molecule is C=CCOc1ccc(C[C@H](NC(=O)[C@H](CCC(=O)OC(C)(C)C)NC(=O)[C@@H](NC(=O)[C@H](CC(C)C)N(Cc2ccc(OC)cc2O)C(=O)[C@H](Cc2ccccc2)NC(=O)CNC(=O)[C@@H](NC(=O)[C@H](Cc2cn(C(c3ccccc3)(c3ccccc3)c3ccccc3)cn2)NC(=O)OC(C)(C)C)[C@@H](C)OC(C)(C)C)[C@@H](C)O)C(=O)N[C@H](C(=O)N[C@@H](C)C(=O)N[C@H](C(=O)O)[C@@H](C)OC(C)(C)C)C(C)C)cc1. The predicted octanol–water partition coefficient (Wildman–Crippen LogP) is 9.03. The number of carbonyl (C=O) groups excluding carboxylic acids is 12. The molecule has 7 aromatic rings.